The molecule has 0 N–H and O–H groups in total. The van der Waals surface area contributed by atoms with Crippen LogP contribution < -0.4 is 0 Å². The molecular formula is C12H28Si. The van der Waals surface area contributed by atoms with Crippen molar-refractivity contribution in [1.29, 1.82) is 0 Å². The molecule has 0 aromatic heterocycles. The van der Waals surface area contributed by atoms with Gasteiger partial charge in [-0.15, -0.1) is 0 Å². The second-order valence-electron chi connectivity index (χ2n) is 4.66. The third-order valence-corrected chi connectivity index (χ3v) is 4.20. The molecule has 0 saturated heterocycles. The number of hydrogen-bond donors (Lipinski definition) is 0. The summed E-state index contributed by atoms with van der Waals surface area (Å²) in [7, 11) is -0.240. The van der Waals surface area contributed by atoms with E-state index in [1.54, 1.807) is 6.04 Å². The molecule has 0 aliphatic rings. The number of rotatable bonds is 9. The molecule has 0 aromatic rings. The summed E-state index contributed by atoms with van der Waals surface area (Å²) in [5, 5.41) is 0. The van der Waals surface area contributed by atoms with Crippen LogP contribution in [0.15, 0.2) is 0 Å². The maximum Gasteiger partial charge on any atom is 0.0305 e. The average Bonchev–Trinajstić information content (AvgIpc) is 2.09. The Balaban J connectivity index is 2.84. The molecule has 80 valence electrons. The van der Waals surface area contributed by atoms with Crippen LogP contribution >= 0.6 is 0 Å². The van der Waals surface area contributed by atoms with E-state index in [9.17, 15) is 0 Å². The predicted molar refractivity (Wildman–Crippen MR) is 66.3 cm³/mol. The molecule has 0 bridgehead atoms. The van der Waals surface area contributed by atoms with E-state index in [2.05, 4.69) is 20.0 Å². The van der Waals surface area contributed by atoms with Crippen molar-refractivity contribution in [2.75, 3.05) is 0 Å². The van der Waals surface area contributed by atoms with Crippen molar-refractivity contribution in [2.45, 2.75) is 77.4 Å². The van der Waals surface area contributed by atoms with Crippen LogP contribution in [0.4, 0.5) is 0 Å². The molecule has 0 nitrogen and oxygen atoms in total. The first-order valence-corrected chi connectivity index (χ1v) is 9.40. The Hall–Kier alpha value is 0.217. The Morgan fingerprint density at radius 1 is 0.692 bits per heavy atom. The minimum atomic E-state index is -0.240. The van der Waals surface area contributed by atoms with Gasteiger partial charge in [-0.3, -0.25) is 0 Å². The summed E-state index contributed by atoms with van der Waals surface area (Å²) in [6.45, 7) is 7.20. The number of hydrogen-bond acceptors (Lipinski definition) is 0. The molecule has 0 amide bonds. The normalized spacial score (nSPS) is 11.1. The van der Waals surface area contributed by atoms with Gasteiger partial charge in [0.15, 0.2) is 0 Å². The molecule has 0 rings (SSSR count). The minimum absolute atomic E-state index is 0.240. The van der Waals surface area contributed by atoms with Gasteiger partial charge in [0.25, 0.3) is 0 Å². The van der Waals surface area contributed by atoms with E-state index < -0.39 is 0 Å². The van der Waals surface area contributed by atoms with Gasteiger partial charge >= 0.3 is 0 Å². The van der Waals surface area contributed by atoms with E-state index in [0.29, 0.717) is 0 Å². The second kappa shape index (κ2) is 10.3. The maximum absolute atomic E-state index is 2.46. The lowest BCUT2D eigenvalue weighted by atomic mass is 10.1. The largest absolute Gasteiger partial charge is 0.0722 e. The molecule has 0 heterocycles. The Bertz CT molecular complexity index is 89.1. The Morgan fingerprint density at radius 2 is 1.15 bits per heavy atom. The first kappa shape index (κ1) is 13.2. The molecule has 0 radical (unpaired) electrons. The van der Waals surface area contributed by atoms with Crippen LogP contribution in [0.2, 0.25) is 19.1 Å². The standard InChI is InChI=1S/C12H28Si/c1-4-5-6-7-8-9-10-11-12-13(2)3/h13H,4-12H2,1-3H3. The van der Waals surface area contributed by atoms with Crippen LogP contribution in [0.5, 0.6) is 0 Å². The van der Waals surface area contributed by atoms with E-state index in [1.165, 1.54) is 51.4 Å². The molecule has 0 aliphatic heterocycles. The van der Waals surface area contributed by atoms with Crippen molar-refractivity contribution in [3.05, 3.63) is 0 Å². The highest BCUT2D eigenvalue weighted by Crippen LogP contribution is 2.10. The Labute approximate surface area is 86.7 Å². The lowest BCUT2D eigenvalue weighted by molar-refractivity contribution is 0.584. The van der Waals surface area contributed by atoms with Gasteiger partial charge in [0.05, 0.1) is 0 Å². The molecular weight excluding hydrogens is 172 g/mol. The van der Waals surface area contributed by atoms with Crippen LogP contribution in [-0.4, -0.2) is 8.80 Å². The monoisotopic (exact) mass is 200 g/mol. The summed E-state index contributed by atoms with van der Waals surface area (Å²) in [4.78, 5) is 0. The molecule has 0 saturated carbocycles. The topological polar surface area (TPSA) is 0 Å². The summed E-state index contributed by atoms with van der Waals surface area (Å²) < 4.78 is 0. The van der Waals surface area contributed by atoms with E-state index in [1.807, 2.05) is 0 Å². The van der Waals surface area contributed by atoms with Gasteiger partial charge in [-0.1, -0.05) is 77.4 Å². The molecule has 0 aromatic carbocycles. The van der Waals surface area contributed by atoms with Crippen molar-refractivity contribution in [2.24, 2.45) is 0 Å². The SMILES string of the molecule is CCCCCCCCCC[SiH](C)C. The van der Waals surface area contributed by atoms with Gasteiger partial charge in [-0.05, 0) is 0 Å². The van der Waals surface area contributed by atoms with Gasteiger partial charge in [0.2, 0.25) is 0 Å². The second-order valence-corrected chi connectivity index (χ2v) is 8.02. The van der Waals surface area contributed by atoms with Crippen LogP contribution in [0.25, 0.3) is 0 Å². The fourth-order valence-corrected chi connectivity index (χ4v) is 2.79. The van der Waals surface area contributed by atoms with E-state index >= 15 is 0 Å². The molecule has 0 spiro atoms. The Morgan fingerprint density at radius 3 is 1.62 bits per heavy atom. The average molecular weight is 200 g/mol. The van der Waals surface area contributed by atoms with Gasteiger partial charge in [-0.2, -0.15) is 0 Å². The van der Waals surface area contributed by atoms with Crippen LogP contribution in [0.1, 0.15) is 58.3 Å². The lowest BCUT2D eigenvalue weighted by Crippen LogP contribution is -1.97. The third-order valence-electron chi connectivity index (χ3n) is 2.64. The van der Waals surface area contributed by atoms with Crippen LogP contribution in [0, 0.1) is 0 Å². The highest BCUT2D eigenvalue weighted by Gasteiger charge is 1.95. The highest BCUT2D eigenvalue weighted by atomic mass is 28.3. The van der Waals surface area contributed by atoms with Gasteiger partial charge < -0.3 is 0 Å². The molecule has 0 atom stereocenters. The summed E-state index contributed by atoms with van der Waals surface area (Å²) >= 11 is 0. The molecule has 1 heteroatoms. The minimum Gasteiger partial charge on any atom is -0.0722 e. The third kappa shape index (κ3) is 12.2. The van der Waals surface area contributed by atoms with Gasteiger partial charge in [0.1, 0.15) is 0 Å². The smallest absolute Gasteiger partial charge is 0.0305 e. The molecule has 0 fully saturated rings. The maximum atomic E-state index is 2.46. The molecule has 0 unspecified atom stereocenters. The van der Waals surface area contributed by atoms with Crippen LogP contribution in [0.3, 0.4) is 0 Å². The Kier molecular flexibility index (Phi) is 10.5. The fourth-order valence-electron chi connectivity index (χ4n) is 1.69. The summed E-state index contributed by atoms with van der Waals surface area (Å²) in [5.41, 5.74) is 0. The molecule has 13 heavy (non-hydrogen) atoms. The zero-order valence-corrected chi connectivity index (χ0v) is 11.1. The van der Waals surface area contributed by atoms with Crippen molar-refractivity contribution in [3.8, 4) is 0 Å². The summed E-state index contributed by atoms with van der Waals surface area (Å²) in [5.74, 6) is 0. The van der Waals surface area contributed by atoms with Crippen molar-refractivity contribution in [3.63, 3.8) is 0 Å². The van der Waals surface area contributed by atoms with E-state index in [-0.39, 0.29) is 8.80 Å². The zero-order chi connectivity index (χ0) is 9.94. The van der Waals surface area contributed by atoms with Crippen molar-refractivity contribution < 1.29 is 0 Å². The van der Waals surface area contributed by atoms with Crippen molar-refractivity contribution in [1.82, 2.24) is 0 Å². The van der Waals surface area contributed by atoms with Gasteiger partial charge in [0, 0.05) is 8.80 Å². The first-order chi connectivity index (χ1) is 6.27. The summed E-state index contributed by atoms with van der Waals surface area (Å²) in [6, 6.07) is 1.56. The van der Waals surface area contributed by atoms with E-state index in [4.69, 9.17) is 0 Å². The van der Waals surface area contributed by atoms with Gasteiger partial charge in [-0.25, -0.2) is 0 Å². The summed E-state index contributed by atoms with van der Waals surface area (Å²) in [6.07, 6.45) is 11.7. The quantitative estimate of drug-likeness (QED) is 0.376. The first-order valence-electron chi connectivity index (χ1n) is 6.27. The number of unbranched alkanes of at least 4 members (excludes halogenated alkanes) is 7. The highest BCUT2D eigenvalue weighted by molar-refractivity contribution is 6.55. The zero-order valence-electron chi connectivity index (χ0n) is 9.94. The van der Waals surface area contributed by atoms with E-state index in [0.717, 1.165) is 0 Å². The van der Waals surface area contributed by atoms with Crippen LogP contribution in [-0.2, 0) is 0 Å². The predicted octanol–water partition coefficient (Wildman–Crippen LogP) is 4.61. The molecule has 0 aliphatic carbocycles. The van der Waals surface area contributed by atoms with Crippen molar-refractivity contribution >= 4 is 8.80 Å². The lowest BCUT2D eigenvalue weighted by Gasteiger charge is -2.03. The fraction of sp³-hybridized carbons (Fsp3) is 1.00.